The molecule has 3 atom stereocenters. The van der Waals surface area contributed by atoms with Crippen molar-refractivity contribution in [3.8, 4) is 0 Å². The molecule has 0 aromatic rings. The fourth-order valence-electron chi connectivity index (χ4n) is 2.39. The lowest BCUT2D eigenvalue weighted by atomic mass is 9.76. The van der Waals surface area contributed by atoms with E-state index in [1.807, 2.05) is 6.92 Å². The molecule has 1 aliphatic carbocycles. The van der Waals surface area contributed by atoms with E-state index in [4.69, 9.17) is 4.74 Å². The molecule has 0 radical (unpaired) electrons. The predicted octanol–water partition coefficient (Wildman–Crippen LogP) is 2.27. The molecule has 0 aliphatic heterocycles. The van der Waals surface area contributed by atoms with E-state index in [2.05, 4.69) is 13.8 Å². The van der Waals surface area contributed by atoms with E-state index < -0.39 is 17.4 Å². The zero-order chi connectivity index (χ0) is 13.0. The zero-order valence-electron chi connectivity index (χ0n) is 10.7. The molecule has 1 fully saturated rings. The zero-order valence-corrected chi connectivity index (χ0v) is 10.7. The number of hydrogen-bond acceptors (Lipinski definition) is 4. The van der Waals surface area contributed by atoms with Crippen LogP contribution in [0, 0.1) is 27.9 Å². The van der Waals surface area contributed by atoms with Crippen molar-refractivity contribution in [3.05, 3.63) is 10.1 Å². The van der Waals surface area contributed by atoms with Gasteiger partial charge in [-0.25, -0.2) is 4.79 Å². The van der Waals surface area contributed by atoms with Crippen LogP contribution in [0.1, 0.15) is 40.0 Å². The number of hydrogen-bond donors (Lipinski definition) is 0. The molecule has 0 unspecified atom stereocenters. The number of esters is 1. The van der Waals surface area contributed by atoms with Gasteiger partial charge >= 0.3 is 5.97 Å². The van der Waals surface area contributed by atoms with Crippen LogP contribution in [0.15, 0.2) is 0 Å². The monoisotopic (exact) mass is 243 g/mol. The Labute approximate surface area is 102 Å². The van der Waals surface area contributed by atoms with Gasteiger partial charge in [-0.1, -0.05) is 20.8 Å². The normalized spacial score (nSPS) is 29.1. The van der Waals surface area contributed by atoms with Crippen LogP contribution in [0.4, 0.5) is 0 Å². The minimum atomic E-state index is -0.727. The van der Waals surface area contributed by atoms with Gasteiger partial charge in [0.15, 0.2) is 0 Å². The van der Waals surface area contributed by atoms with Crippen LogP contribution in [-0.4, -0.2) is 23.5 Å². The van der Waals surface area contributed by atoms with Gasteiger partial charge in [0.25, 0.3) is 6.54 Å². The van der Waals surface area contributed by atoms with Gasteiger partial charge in [0.2, 0.25) is 0 Å². The third kappa shape index (κ3) is 4.32. The summed E-state index contributed by atoms with van der Waals surface area (Å²) in [6.07, 6.45) is 2.87. The topological polar surface area (TPSA) is 69.4 Å². The highest BCUT2D eigenvalue weighted by Crippen LogP contribution is 2.34. The van der Waals surface area contributed by atoms with Gasteiger partial charge in [-0.2, -0.15) is 0 Å². The summed E-state index contributed by atoms with van der Waals surface area (Å²) in [5.41, 5.74) is 0. The third-order valence-electron chi connectivity index (χ3n) is 3.65. The minimum absolute atomic E-state index is 0.149. The van der Waals surface area contributed by atoms with E-state index in [0.29, 0.717) is 17.8 Å². The van der Waals surface area contributed by atoms with Crippen molar-refractivity contribution < 1.29 is 14.5 Å². The molecule has 98 valence electrons. The Morgan fingerprint density at radius 1 is 1.47 bits per heavy atom. The maximum absolute atomic E-state index is 11.3. The highest BCUT2D eigenvalue weighted by atomic mass is 16.6. The molecule has 5 heteroatoms. The molecular formula is C12H21NO4. The molecule has 17 heavy (non-hydrogen) atoms. The van der Waals surface area contributed by atoms with Crippen LogP contribution < -0.4 is 0 Å². The van der Waals surface area contributed by atoms with Gasteiger partial charge in [0.1, 0.15) is 6.10 Å². The molecule has 1 rings (SSSR count). The fraction of sp³-hybridized carbons (Fsp3) is 0.917. The molecule has 1 saturated carbocycles. The summed E-state index contributed by atoms with van der Waals surface area (Å²) in [5.74, 6) is 0.718. The van der Waals surface area contributed by atoms with Crippen molar-refractivity contribution >= 4 is 5.97 Å². The lowest BCUT2D eigenvalue weighted by Crippen LogP contribution is -2.35. The minimum Gasteiger partial charge on any atom is -0.457 e. The van der Waals surface area contributed by atoms with Crippen LogP contribution >= 0.6 is 0 Å². The number of rotatable bonds is 4. The Hall–Kier alpha value is -1.13. The highest BCUT2D eigenvalue weighted by molar-refractivity contribution is 5.70. The maximum atomic E-state index is 11.3. The quantitative estimate of drug-likeness (QED) is 0.431. The van der Waals surface area contributed by atoms with E-state index in [9.17, 15) is 14.9 Å². The molecular weight excluding hydrogens is 222 g/mol. The Balaban J connectivity index is 2.50. The first kappa shape index (κ1) is 13.9. The molecule has 0 bridgehead atoms. The van der Waals surface area contributed by atoms with E-state index in [1.165, 1.54) is 0 Å². The number of nitro groups is 1. The average Bonchev–Trinajstić information content (AvgIpc) is 2.19. The summed E-state index contributed by atoms with van der Waals surface area (Å²) in [5, 5.41) is 10.2. The van der Waals surface area contributed by atoms with Crippen LogP contribution in [0.5, 0.6) is 0 Å². The van der Waals surface area contributed by atoms with Gasteiger partial charge < -0.3 is 4.74 Å². The molecule has 1 aliphatic rings. The fourth-order valence-corrected chi connectivity index (χ4v) is 2.39. The molecule has 0 amide bonds. The van der Waals surface area contributed by atoms with Crippen molar-refractivity contribution in [1.29, 1.82) is 0 Å². The predicted molar refractivity (Wildman–Crippen MR) is 63.1 cm³/mol. The molecule has 0 saturated heterocycles. The number of carbonyl (C=O) groups excluding carboxylic acids is 1. The van der Waals surface area contributed by atoms with Crippen molar-refractivity contribution in [2.75, 3.05) is 6.54 Å². The van der Waals surface area contributed by atoms with Crippen LogP contribution in [0.3, 0.4) is 0 Å². The van der Waals surface area contributed by atoms with Crippen molar-refractivity contribution in [3.63, 3.8) is 0 Å². The standard InChI is InChI=1S/C12H21NO4/c1-8(2)10-5-4-9(3)11(6-10)17-12(14)7-13(15)16/h8-11H,4-7H2,1-3H3/t9-,10-,11+/m0/s1. The second kappa shape index (κ2) is 5.98. The van der Waals surface area contributed by atoms with Crippen molar-refractivity contribution in [2.45, 2.75) is 46.1 Å². The van der Waals surface area contributed by atoms with Gasteiger partial charge in [-0.15, -0.1) is 0 Å². The molecule has 0 spiro atoms. The second-order valence-corrected chi connectivity index (χ2v) is 5.31. The maximum Gasteiger partial charge on any atom is 0.378 e. The average molecular weight is 243 g/mol. The van der Waals surface area contributed by atoms with E-state index in [1.54, 1.807) is 0 Å². The van der Waals surface area contributed by atoms with Crippen molar-refractivity contribution in [2.24, 2.45) is 17.8 Å². The largest absolute Gasteiger partial charge is 0.457 e. The third-order valence-corrected chi connectivity index (χ3v) is 3.65. The molecule has 5 nitrogen and oxygen atoms in total. The van der Waals surface area contributed by atoms with Crippen LogP contribution in [0.25, 0.3) is 0 Å². The lowest BCUT2D eigenvalue weighted by molar-refractivity contribution is -0.470. The molecule has 0 N–H and O–H groups in total. The number of nitrogens with zero attached hydrogens (tertiary/aromatic N) is 1. The first-order valence-corrected chi connectivity index (χ1v) is 6.21. The SMILES string of the molecule is CC(C)[C@H]1CC[C@H](C)[C@H](OC(=O)C[N+](=O)[O-])C1. The summed E-state index contributed by atoms with van der Waals surface area (Å²) in [7, 11) is 0. The summed E-state index contributed by atoms with van der Waals surface area (Å²) in [4.78, 5) is 20.8. The Kier molecular flexibility index (Phi) is 4.90. The second-order valence-electron chi connectivity index (χ2n) is 5.31. The summed E-state index contributed by atoms with van der Waals surface area (Å²) < 4.78 is 5.21. The summed E-state index contributed by atoms with van der Waals surface area (Å²) in [6, 6.07) is 0. The van der Waals surface area contributed by atoms with Gasteiger partial charge in [0.05, 0.1) is 0 Å². The van der Waals surface area contributed by atoms with E-state index in [0.717, 1.165) is 19.3 Å². The highest BCUT2D eigenvalue weighted by Gasteiger charge is 2.32. The summed E-state index contributed by atoms with van der Waals surface area (Å²) in [6.45, 7) is 5.64. The Morgan fingerprint density at radius 3 is 2.65 bits per heavy atom. The van der Waals surface area contributed by atoms with Crippen molar-refractivity contribution in [1.82, 2.24) is 0 Å². The summed E-state index contributed by atoms with van der Waals surface area (Å²) >= 11 is 0. The smallest absolute Gasteiger partial charge is 0.378 e. The Bertz CT molecular complexity index is 290. The van der Waals surface area contributed by atoms with Gasteiger partial charge in [-0.3, -0.25) is 10.1 Å². The van der Waals surface area contributed by atoms with E-state index >= 15 is 0 Å². The first-order valence-electron chi connectivity index (χ1n) is 6.21. The lowest BCUT2D eigenvalue weighted by Gasteiger charge is -2.35. The van der Waals surface area contributed by atoms with Crippen LogP contribution in [0.2, 0.25) is 0 Å². The van der Waals surface area contributed by atoms with Gasteiger partial charge in [-0.05, 0) is 37.0 Å². The Morgan fingerprint density at radius 2 is 2.12 bits per heavy atom. The first-order chi connectivity index (χ1) is 7.90. The molecule has 0 aromatic heterocycles. The number of ether oxygens (including phenoxy) is 1. The molecule has 0 aromatic carbocycles. The van der Waals surface area contributed by atoms with Crippen LogP contribution in [-0.2, 0) is 9.53 Å². The number of carbonyl (C=O) groups is 1. The van der Waals surface area contributed by atoms with Gasteiger partial charge in [0, 0.05) is 4.92 Å². The van der Waals surface area contributed by atoms with E-state index in [-0.39, 0.29) is 6.10 Å². The molecule has 0 heterocycles.